The summed E-state index contributed by atoms with van der Waals surface area (Å²) >= 11 is 0. The number of fused-ring (bicyclic) bond motifs is 6. The quantitative estimate of drug-likeness (QED) is 0.377. The second-order valence-corrected chi connectivity index (χ2v) is 8.54. The molecule has 0 unspecified atom stereocenters. The summed E-state index contributed by atoms with van der Waals surface area (Å²) in [6.07, 6.45) is 3.02. The molecule has 0 saturated heterocycles. The van der Waals surface area contributed by atoms with Gasteiger partial charge < -0.3 is 5.73 Å². The number of rotatable bonds is 4. The summed E-state index contributed by atoms with van der Waals surface area (Å²) < 4.78 is 0. The van der Waals surface area contributed by atoms with Crippen molar-refractivity contribution in [3.63, 3.8) is 0 Å². The Morgan fingerprint density at radius 3 is 1.53 bits per heavy atom. The van der Waals surface area contributed by atoms with Crippen molar-refractivity contribution >= 4 is 0 Å². The summed E-state index contributed by atoms with van der Waals surface area (Å²) in [5, 5.41) is 0. The lowest BCUT2D eigenvalue weighted by Gasteiger charge is -2.23. The van der Waals surface area contributed by atoms with Crippen LogP contribution in [0.2, 0.25) is 0 Å². The predicted octanol–water partition coefficient (Wildman–Crippen LogP) is 6.31. The van der Waals surface area contributed by atoms with Crippen molar-refractivity contribution < 1.29 is 0 Å². The summed E-state index contributed by atoms with van der Waals surface area (Å²) in [5.74, 6) is 0.337. The molecule has 1 nitrogen and oxygen atoms in total. The van der Waals surface area contributed by atoms with Gasteiger partial charge in [0.05, 0.1) is 0 Å². The Hall–Kier alpha value is -3.16. The van der Waals surface area contributed by atoms with Crippen LogP contribution in [0.4, 0.5) is 0 Å². The van der Waals surface area contributed by atoms with E-state index in [1.54, 1.807) is 0 Å². The SMILES string of the molecule is NCCC(c1cccc2c1Cc1ccccc1-2)c1cccc2c1Cc1ccccc1-2. The first-order valence-electron chi connectivity index (χ1n) is 11.0. The van der Waals surface area contributed by atoms with Crippen LogP contribution in [0, 0.1) is 0 Å². The van der Waals surface area contributed by atoms with Gasteiger partial charge in [0, 0.05) is 5.92 Å². The molecule has 0 heterocycles. The van der Waals surface area contributed by atoms with Crippen LogP contribution in [0.5, 0.6) is 0 Å². The van der Waals surface area contributed by atoms with Crippen molar-refractivity contribution in [3.05, 3.63) is 118 Å². The highest BCUT2D eigenvalue weighted by Crippen LogP contribution is 2.46. The van der Waals surface area contributed by atoms with Crippen molar-refractivity contribution in [3.8, 4) is 22.3 Å². The molecule has 0 amide bonds. The van der Waals surface area contributed by atoms with E-state index in [1.807, 2.05) is 0 Å². The number of benzene rings is 4. The average molecular weight is 388 g/mol. The first-order chi connectivity index (χ1) is 14.8. The van der Waals surface area contributed by atoms with Crippen LogP contribution in [-0.2, 0) is 12.8 Å². The van der Waals surface area contributed by atoms with Gasteiger partial charge in [-0.15, -0.1) is 0 Å². The zero-order valence-corrected chi connectivity index (χ0v) is 17.1. The van der Waals surface area contributed by atoms with Crippen LogP contribution < -0.4 is 5.73 Å². The fraction of sp³-hybridized carbons (Fsp3) is 0.172. The summed E-state index contributed by atoms with van der Waals surface area (Å²) in [4.78, 5) is 0. The van der Waals surface area contributed by atoms with E-state index in [4.69, 9.17) is 5.73 Å². The minimum Gasteiger partial charge on any atom is -0.330 e. The molecule has 0 radical (unpaired) electrons. The van der Waals surface area contributed by atoms with Crippen molar-refractivity contribution in [2.75, 3.05) is 6.54 Å². The lowest BCUT2D eigenvalue weighted by Crippen LogP contribution is -2.12. The van der Waals surface area contributed by atoms with Gasteiger partial charge in [0.1, 0.15) is 0 Å². The van der Waals surface area contributed by atoms with E-state index in [0.717, 1.165) is 19.3 Å². The molecule has 4 aromatic rings. The third-order valence-corrected chi connectivity index (χ3v) is 6.98. The minimum atomic E-state index is 0.337. The Morgan fingerprint density at radius 1 is 0.567 bits per heavy atom. The third kappa shape index (κ3) is 2.59. The van der Waals surface area contributed by atoms with Gasteiger partial charge in [-0.1, -0.05) is 84.9 Å². The van der Waals surface area contributed by atoms with E-state index >= 15 is 0 Å². The highest BCUT2D eigenvalue weighted by Gasteiger charge is 2.28. The summed E-state index contributed by atoms with van der Waals surface area (Å²) in [5.41, 5.74) is 20.5. The zero-order chi connectivity index (χ0) is 20.1. The topological polar surface area (TPSA) is 26.0 Å². The Kier molecular flexibility index (Phi) is 4.11. The lowest BCUT2D eigenvalue weighted by atomic mass is 9.81. The first-order valence-corrected chi connectivity index (χ1v) is 11.0. The van der Waals surface area contributed by atoms with Crippen molar-refractivity contribution in [1.82, 2.24) is 0 Å². The lowest BCUT2D eigenvalue weighted by molar-refractivity contribution is 0.715. The van der Waals surface area contributed by atoms with Gasteiger partial charge in [-0.25, -0.2) is 0 Å². The third-order valence-electron chi connectivity index (χ3n) is 6.98. The molecule has 0 atom stereocenters. The molecule has 4 aromatic carbocycles. The van der Waals surface area contributed by atoms with E-state index in [-0.39, 0.29) is 0 Å². The number of hydrogen-bond acceptors (Lipinski definition) is 1. The Labute approximate surface area is 178 Å². The molecule has 0 saturated carbocycles. The van der Waals surface area contributed by atoms with E-state index in [1.165, 1.54) is 55.6 Å². The molecule has 2 aliphatic carbocycles. The van der Waals surface area contributed by atoms with Gasteiger partial charge in [-0.3, -0.25) is 0 Å². The summed E-state index contributed by atoms with van der Waals surface area (Å²) in [7, 11) is 0. The van der Waals surface area contributed by atoms with Crippen LogP contribution in [0.25, 0.3) is 22.3 Å². The number of nitrogens with two attached hydrogens (primary N) is 1. The van der Waals surface area contributed by atoms with Gasteiger partial charge in [-0.05, 0) is 81.4 Å². The van der Waals surface area contributed by atoms with Gasteiger partial charge >= 0.3 is 0 Å². The summed E-state index contributed by atoms with van der Waals surface area (Å²) in [6, 6.07) is 31.4. The monoisotopic (exact) mass is 387 g/mol. The highest BCUT2D eigenvalue weighted by atomic mass is 14.5. The van der Waals surface area contributed by atoms with Crippen LogP contribution in [0.3, 0.4) is 0 Å². The average Bonchev–Trinajstić information content (AvgIpc) is 3.36. The molecule has 30 heavy (non-hydrogen) atoms. The van der Waals surface area contributed by atoms with Gasteiger partial charge in [0.15, 0.2) is 0 Å². The van der Waals surface area contributed by atoms with Crippen LogP contribution >= 0.6 is 0 Å². The van der Waals surface area contributed by atoms with Gasteiger partial charge in [0.2, 0.25) is 0 Å². The molecular weight excluding hydrogens is 362 g/mol. The molecule has 0 spiro atoms. The normalized spacial score (nSPS) is 13.1. The molecule has 0 aromatic heterocycles. The van der Waals surface area contributed by atoms with E-state index < -0.39 is 0 Å². The number of hydrogen-bond donors (Lipinski definition) is 1. The van der Waals surface area contributed by atoms with Gasteiger partial charge in [-0.2, -0.15) is 0 Å². The predicted molar refractivity (Wildman–Crippen MR) is 125 cm³/mol. The molecule has 6 rings (SSSR count). The van der Waals surface area contributed by atoms with Gasteiger partial charge in [0.25, 0.3) is 0 Å². The van der Waals surface area contributed by atoms with Crippen LogP contribution in [0.1, 0.15) is 45.7 Å². The Bertz CT molecular complexity index is 1170. The largest absolute Gasteiger partial charge is 0.330 e. The molecule has 2 aliphatic rings. The molecule has 146 valence electrons. The van der Waals surface area contributed by atoms with E-state index in [9.17, 15) is 0 Å². The van der Waals surface area contributed by atoms with Crippen LogP contribution in [-0.4, -0.2) is 6.54 Å². The van der Waals surface area contributed by atoms with E-state index in [0.29, 0.717) is 12.5 Å². The van der Waals surface area contributed by atoms with E-state index in [2.05, 4.69) is 84.9 Å². The first kappa shape index (κ1) is 17.7. The molecular formula is C29H25N. The van der Waals surface area contributed by atoms with Crippen molar-refractivity contribution in [2.24, 2.45) is 5.73 Å². The summed E-state index contributed by atoms with van der Waals surface area (Å²) in [6.45, 7) is 0.692. The highest BCUT2D eigenvalue weighted by molar-refractivity contribution is 5.80. The maximum absolute atomic E-state index is 6.16. The fourth-order valence-corrected chi connectivity index (χ4v) is 5.66. The molecule has 2 N–H and O–H groups in total. The standard InChI is InChI=1S/C29H25N/c30-16-15-27(25-13-5-11-23-21-9-3-1-7-19(21)17-28(23)25)26-14-6-12-24-22-10-4-2-8-20(22)18-29(24)26/h1-14,27H,15-18,30H2. The fourth-order valence-electron chi connectivity index (χ4n) is 5.66. The van der Waals surface area contributed by atoms with Crippen LogP contribution in [0.15, 0.2) is 84.9 Å². The molecule has 0 aliphatic heterocycles. The molecule has 0 fully saturated rings. The maximum Gasteiger partial charge on any atom is 0.0107 e. The second kappa shape index (κ2) is 6.97. The minimum absolute atomic E-state index is 0.337. The smallest absolute Gasteiger partial charge is 0.0107 e. The zero-order valence-electron chi connectivity index (χ0n) is 17.1. The Morgan fingerprint density at radius 2 is 1.03 bits per heavy atom. The molecule has 1 heteroatoms. The van der Waals surface area contributed by atoms with Crippen molar-refractivity contribution in [1.29, 1.82) is 0 Å². The second-order valence-electron chi connectivity index (χ2n) is 8.54. The maximum atomic E-state index is 6.16. The molecule has 0 bridgehead atoms. The van der Waals surface area contributed by atoms with Crippen molar-refractivity contribution in [2.45, 2.75) is 25.2 Å². The Balaban J connectivity index is 1.51.